The third-order valence-electron chi connectivity index (χ3n) is 4.08. The van der Waals surface area contributed by atoms with Gasteiger partial charge in [0.25, 0.3) is 5.91 Å². The van der Waals surface area contributed by atoms with Gasteiger partial charge in [0.15, 0.2) is 0 Å². The van der Waals surface area contributed by atoms with Crippen molar-refractivity contribution in [1.82, 2.24) is 4.90 Å². The second kappa shape index (κ2) is 7.53. The Hall–Kier alpha value is -2.59. The van der Waals surface area contributed by atoms with E-state index < -0.39 is 0 Å². The Bertz CT molecular complexity index is 809. The lowest BCUT2D eigenvalue weighted by Crippen LogP contribution is -2.44. The Morgan fingerprint density at radius 3 is 2.28 bits per heavy atom. The van der Waals surface area contributed by atoms with Crippen molar-refractivity contribution in [3.05, 3.63) is 70.9 Å². The number of anilines is 1. The number of carbonyl (C=O) groups is 1. The molecule has 0 aliphatic carbocycles. The van der Waals surface area contributed by atoms with Crippen LogP contribution in [0.2, 0.25) is 5.02 Å². The Morgan fingerprint density at radius 2 is 1.68 bits per heavy atom. The first kappa shape index (κ1) is 17.2. The molecule has 1 aliphatic rings. The first-order valence-corrected chi connectivity index (χ1v) is 8.72. The summed E-state index contributed by atoms with van der Waals surface area (Å²) in [7, 11) is 0. The number of benzene rings is 2. The molecule has 1 amide bonds. The predicted molar refractivity (Wildman–Crippen MR) is 104 cm³/mol. The third kappa shape index (κ3) is 3.59. The molecule has 2 aromatic carbocycles. The number of hydrogen-bond donors (Lipinski definition) is 0. The zero-order valence-corrected chi connectivity index (χ0v) is 15.1. The Morgan fingerprint density at radius 1 is 1.04 bits per heavy atom. The molecule has 1 aliphatic heterocycles. The molecule has 0 atom stereocenters. The number of rotatable bonds is 4. The van der Waals surface area contributed by atoms with Crippen molar-refractivity contribution in [2.24, 2.45) is 4.99 Å². The van der Waals surface area contributed by atoms with Gasteiger partial charge in [-0.25, -0.2) is 9.89 Å². The fraction of sp³-hybridized carbons (Fsp3) is 0.200. The van der Waals surface area contributed by atoms with E-state index in [9.17, 15) is 4.79 Å². The molecule has 0 saturated carbocycles. The van der Waals surface area contributed by atoms with Crippen molar-refractivity contribution in [3.8, 4) is 0 Å². The standard InChI is InChI=1S/C20H20ClN3O/c1-3-23(4-2)20-22-18(14-15-8-6-5-7-9-15)19(25)24(20)17-12-10-16(21)11-13-17/h5-14H,3-4H2,1-2H3/b18-14+. The molecule has 3 rings (SSSR count). The lowest BCUT2D eigenvalue weighted by Gasteiger charge is -2.27. The van der Waals surface area contributed by atoms with Gasteiger partial charge in [0, 0.05) is 18.1 Å². The summed E-state index contributed by atoms with van der Waals surface area (Å²) >= 11 is 5.99. The van der Waals surface area contributed by atoms with Gasteiger partial charge < -0.3 is 4.90 Å². The highest BCUT2D eigenvalue weighted by atomic mass is 35.5. The van der Waals surface area contributed by atoms with E-state index in [1.165, 1.54) is 0 Å². The van der Waals surface area contributed by atoms with Crippen molar-refractivity contribution in [2.45, 2.75) is 13.8 Å². The summed E-state index contributed by atoms with van der Waals surface area (Å²) in [4.78, 5) is 21.4. The van der Waals surface area contributed by atoms with Crippen molar-refractivity contribution < 1.29 is 4.79 Å². The van der Waals surface area contributed by atoms with Crippen LogP contribution in [0.15, 0.2) is 65.3 Å². The van der Waals surface area contributed by atoms with Gasteiger partial charge in [0.2, 0.25) is 5.96 Å². The van der Waals surface area contributed by atoms with E-state index in [1.807, 2.05) is 48.5 Å². The summed E-state index contributed by atoms with van der Waals surface area (Å²) in [5.41, 5.74) is 2.14. The van der Waals surface area contributed by atoms with Crippen molar-refractivity contribution in [2.75, 3.05) is 18.0 Å². The molecule has 128 valence electrons. The average molecular weight is 354 g/mol. The molecule has 0 bridgehead atoms. The maximum atomic E-state index is 13.0. The quantitative estimate of drug-likeness (QED) is 0.762. The summed E-state index contributed by atoms with van der Waals surface area (Å²) in [6.07, 6.45) is 1.82. The molecule has 0 spiro atoms. The van der Waals surface area contributed by atoms with Crippen molar-refractivity contribution >= 4 is 35.2 Å². The molecule has 5 heteroatoms. The number of amides is 1. The van der Waals surface area contributed by atoms with E-state index in [4.69, 9.17) is 11.6 Å². The van der Waals surface area contributed by atoms with Crippen LogP contribution in [0.4, 0.5) is 5.69 Å². The topological polar surface area (TPSA) is 35.9 Å². The predicted octanol–water partition coefficient (Wildman–Crippen LogP) is 4.43. The number of carbonyl (C=O) groups excluding carboxylic acids is 1. The summed E-state index contributed by atoms with van der Waals surface area (Å²) in [6, 6.07) is 17.0. The first-order chi connectivity index (χ1) is 12.1. The van der Waals surface area contributed by atoms with Crippen LogP contribution >= 0.6 is 11.6 Å². The normalized spacial score (nSPS) is 15.6. The SMILES string of the molecule is CCN(CC)C1=N/C(=C/c2ccccc2)C(=O)N1c1ccc(Cl)cc1. The number of halogens is 1. The van der Waals surface area contributed by atoms with Gasteiger partial charge in [-0.2, -0.15) is 0 Å². The Labute approximate surface area is 153 Å². The van der Waals surface area contributed by atoms with Crippen LogP contribution in [0.3, 0.4) is 0 Å². The lowest BCUT2D eigenvalue weighted by atomic mass is 10.2. The largest absolute Gasteiger partial charge is 0.342 e. The number of hydrogen-bond acceptors (Lipinski definition) is 3. The first-order valence-electron chi connectivity index (χ1n) is 8.34. The second-order valence-corrected chi connectivity index (χ2v) is 6.08. The maximum absolute atomic E-state index is 13.0. The molecule has 25 heavy (non-hydrogen) atoms. The van der Waals surface area contributed by atoms with Gasteiger partial charge in [-0.15, -0.1) is 0 Å². The van der Waals surface area contributed by atoms with E-state index in [0.29, 0.717) is 16.7 Å². The van der Waals surface area contributed by atoms with Crippen LogP contribution in [0, 0.1) is 0 Å². The number of aliphatic imine (C=N–C) groups is 1. The van der Waals surface area contributed by atoms with Crippen molar-refractivity contribution in [3.63, 3.8) is 0 Å². The molecule has 4 nitrogen and oxygen atoms in total. The Kier molecular flexibility index (Phi) is 5.19. The average Bonchev–Trinajstić information content (AvgIpc) is 2.94. The van der Waals surface area contributed by atoms with E-state index in [0.717, 1.165) is 24.3 Å². The fourth-order valence-corrected chi connectivity index (χ4v) is 2.88. The molecule has 2 aromatic rings. The van der Waals surface area contributed by atoms with E-state index in [-0.39, 0.29) is 5.91 Å². The van der Waals surface area contributed by atoms with E-state index in [1.54, 1.807) is 17.0 Å². The molecule has 0 N–H and O–H groups in total. The second-order valence-electron chi connectivity index (χ2n) is 5.64. The van der Waals surface area contributed by atoms with Crippen LogP contribution in [0.5, 0.6) is 0 Å². The van der Waals surface area contributed by atoms with Crippen LogP contribution < -0.4 is 4.90 Å². The van der Waals surface area contributed by atoms with Gasteiger partial charge in [0.05, 0.1) is 5.69 Å². The zero-order valence-electron chi connectivity index (χ0n) is 14.3. The molecule has 1 heterocycles. The summed E-state index contributed by atoms with van der Waals surface area (Å²) in [5, 5.41) is 0.636. The summed E-state index contributed by atoms with van der Waals surface area (Å²) in [6.45, 7) is 5.64. The zero-order chi connectivity index (χ0) is 17.8. The molecular weight excluding hydrogens is 334 g/mol. The molecule has 0 fully saturated rings. The monoisotopic (exact) mass is 353 g/mol. The molecule has 0 saturated heterocycles. The number of guanidine groups is 1. The van der Waals surface area contributed by atoms with Crippen LogP contribution in [0.25, 0.3) is 6.08 Å². The maximum Gasteiger partial charge on any atom is 0.283 e. The summed E-state index contributed by atoms with van der Waals surface area (Å²) in [5.74, 6) is 0.521. The number of nitrogens with zero attached hydrogens (tertiary/aromatic N) is 3. The minimum absolute atomic E-state index is 0.131. The minimum atomic E-state index is -0.131. The van der Waals surface area contributed by atoms with Gasteiger partial charge in [0.1, 0.15) is 5.70 Å². The smallest absolute Gasteiger partial charge is 0.283 e. The highest BCUT2D eigenvalue weighted by Gasteiger charge is 2.34. The summed E-state index contributed by atoms with van der Waals surface area (Å²) < 4.78 is 0. The minimum Gasteiger partial charge on any atom is -0.342 e. The molecule has 0 aromatic heterocycles. The van der Waals surface area contributed by atoms with Crippen molar-refractivity contribution in [1.29, 1.82) is 0 Å². The van der Waals surface area contributed by atoms with E-state index in [2.05, 4.69) is 23.7 Å². The van der Waals surface area contributed by atoms with Crippen LogP contribution in [-0.4, -0.2) is 29.9 Å². The Balaban J connectivity index is 2.04. The molecular formula is C20H20ClN3O. The lowest BCUT2D eigenvalue weighted by molar-refractivity contribution is -0.113. The van der Waals surface area contributed by atoms with Gasteiger partial charge in [-0.3, -0.25) is 4.79 Å². The van der Waals surface area contributed by atoms with Gasteiger partial charge in [-0.1, -0.05) is 41.9 Å². The molecule has 0 radical (unpaired) electrons. The van der Waals surface area contributed by atoms with Crippen LogP contribution in [0.1, 0.15) is 19.4 Å². The van der Waals surface area contributed by atoms with Gasteiger partial charge >= 0.3 is 0 Å². The highest BCUT2D eigenvalue weighted by molar-refractivity contribution is 6.31. The fourth-order valence-electron chi connectivity index (χ4n) is 2.75. The van der Waals surface area contributed by atoms with Gasteiger partial charge in [-0.05, 0) is 49.8 Å². The molecule has 0 unspecified atom stereocenters. The third-order valence-corrected chi connectivity index (χ3v) is 4.33. The highest BCUT2D eigenvalue weighted by Crippen LogP contribution is 2.27. The van der Waals surface area contributed by atoms with Crippen LogP contribution in [-0.2, 0) is 4.79 Å². The van der Waals surface area contributed by atoms with E-state index >= 15 is 0 Å².